The molecule has 1 aliphatic rings. The van der Waals surface area contributed by atoms with Crippen LogP contribution in [-0.4, -0.2) is 0 Å². The van der Waals surface area contributed by atoms with Gasteiger partial charge in [-0.1, -0.05) is 68.0 Å². The number of rotatable bonds is 7. The van der Waals surface area contributed by atoms with E-state index in [1.807, 2.05) is 12.1 Å². The number of halogens is 1. The summed E-state index contributed by atoms with van der Waals surface area (Å²) < 4.78 is 14.7. The summed E-state index contributed by atoms with van der Waals surface area (Å²) >= 11 is 0. The molecule has 0 spiro atoms. The fraction of sp³-hybridized carbons (Fsp3) is 0.379. The highest BCUT2D eigenvalue weighted by Crippen LogP contribution is 2.38. The first-order valence-electron chi connectivity index (χ1n) is 11.6. The van der Waals surface area contributed by atoms with E-state index in [0.29, 0.717) is 5.92 Å². The van der Waals surface area contributed by atoms with Crippen LogP contribution in [0.5, 0.6) is 0 Å². The van der Waals surface area contributed by atoms with Crippen molar-refractivity contribution >= 4 is 10.8 Å². The number of hydrogen-bond donors (Lipinski definition) is 0. The third kappa shape index (κ3) is 4.51. The van der Waals surface area contributed by atoms with E-state index >= 15 is 0 Å². The van der Waals surface area contributed by atoms with Crippen LogP contribution in [0.25, 0.3) is 21.9 Å². The van der Waals surface area contributed by atoms with Crippen molar-refractivity contribution in [2.24, 2.45) is 5.92 Å². The van der Waals surface area contributed by atoms with Crippen LogP contribution in [0.2, 0.25) is 0 Å². The number of allylic oxidation sites excluding steroid dienone is 1. The maximum atomic E-state index is 14.7. The van der Waals surface area contributed by atoms with Crippen molar-refractivity contribution in [3.63, 3.8) is 0 Å². The first-order valence-corrected chi connectivity index (χ1v) is 11.6. The van der Waals surface area contributed by atoms with Crippen LogP contribution in [0.4, 0.5) is 4.39 Å². The molecule has 0 radical (unpaired) electrons. The second-order valence-electron chi connectivity index (χ2n) is 8.93. The Bertz CT molecular complexity index is 991. The Balaban J connectivity index is 1.48. The van der Waals surface area contributed by atoms with Gasteiger partial charge in [0, 0.05) is 5.39 Å². The van der Waals surface area contributed by atoms with Crippen LogP contribution >= 0.6 is 0 Å². The third-order valence-corrected chi connectivity index (χ3v) is 6.89. The zero-order chi connectivity index (χ0) is 20.9. The van der Waals surface area contributed by atoms with Crippen LogP contribution in [0.15, 0.2) is 67.3 Å². The summed E-state index contributed by atoms with van der Waals surface area (Å²) in [6.45, 7) is 5.94. The van der Waals surface area contributed by atoms with Gasteiger partial charge in [-0.2, -0.15) is 0 Å². The normalized spacial score (nSPS) is 19.1. The van der Waals surface area contributed by atoms with Gasteiger partial charge in [-0.25, -0.2) is 4.39 Å². The van der Waals surface area contributed by atoms with Gasteiger partial charge in [0.15, 0.2) is 0 Å². The Kier molecular flexibility index (Phi) is 6.67. The molecule has 1 fully saturated rings. The molecule has 0 aromatic heterocycles. The molecule has 156 valence electrons. The first kappa shape index (κ1) is 20.8. The Hall–Kier alpha value is -2.41. The van der Waals surface area contributed by atoms with E-state index in [1.165, 1.54) is 43.2 Å². The molecule has 1 saturated carbocycles. The van der Waals surface area contributed by atoms with Gasteiger partial charge in [-0.15, -0.1) is 6.58 Å². The van der Waals surface area contributed by atoms with Crippen molar-refractivity contribution in [2.45, 2.75) is 64.2 Å². The zero-order valence-electron chi connectivity index (χ0n) is 18.2. The van der Waals surface area contributed by atoms with E-state index in [4.69, 9.17) is 0 Å². The average Bonchev–Trinajstić information content (AvgIpc) is 2.80. The van der Waals surface area contributed by atoms with Crippen LogP contribution < -0.4 is 0 Å². The smallest absolute Gasteiger partial charge is 0.134 e. The molecule has 4 rings (SSSR count). The van der Waals surface area contributed by atoms with E-state index < -0.39 is 0 Å². The molecule has 1 heteroatoms. The molecular formula is C29H33F. The highest BCUT2D eigenvalue weighted by Gasteiger charge is 2.21. The van der Waals surface area contributed by atoms with Gasteiger partial charge >= 0.3 is 0 Å². The highest BCUT2D eigenvalue weighted by molar-refractivity contribution is 5.88. The molecule has 0 aliphatic heterocycles. The molecular weight excluding hydrogens is 367 g/mol. The lowest BCUT2D eigenvalue weighted by Crippen LogP contribution is -2.13. The predicted molar refractivity (Wildman–Crippen MR) is 127 cm³/mol. The van der Waals surface area contributed by atoms with Gasteiger partial charge in [-0.05, 0) is 90.5 Å². The SMILES string of the molecule is C=CCCC1CCC(c2ccc(-c3ccc4c(F)c(CCC)ccc4c3)cc2)CC1. The molecule has 1 aliphatic carbocycles. The minimum absolute atomic E-state index is 0.0556. The average molecular weight is 401 g/mol. The van der Waals surface area contributed by atoms with E-state index in [-0.39, 0.29) is 5.82 Å². The summed E-state index contributed by atoms with van der Waals surface area (Å²) in [6, 6.07) is 19.2. The van der Waals surface area contributed by atoms with E-state index in [1.54, 1.807) is 0 Å². The van der Waals surface area contributed by atoms with Crippen LogP contribution in [-0.2, 0) is 6.42 Å². The molecule has 0 amide bonds. The summed E-state index contributed by atoms with van der Waals surface area (Å²) in [5.41, 5.74) is 4.65. The summed E-state index contributed by atoms with van der Waals surface area (Å²) in [7, 11) is 0. The molecule has 3 aromatic rings. The molecule has 0 bridgehead atoms. The fourth-order valence-electron chi connectivity index (χ4n) is 5.06. The molecule has 0 N–H and O–H groups in total. The fourth-order valence-corrected chi connectivity index (χ4v) is 5.06. The van der Waals surface area contributed by atoms with Gasteiger partial charge < -0.3 is 0 Å². The Labute approximate surface area is 180 Å². The molecule has 3 aromatic carbocycles. The van der Waals surface area contributed by atoms with Crippen LogP contribution in [0.3, 0.4) is 0 Å². The predicted octanol–water partition coefficient (Wildman–Crippen LogP) is 8.84. The molecule has 0 heterocycles. The summed E-state index contributed by atoms with van der Waals surface area (Å²) in [6.07, 6.45) is 11.6. The van der Waals surface area contributed by atoms with Crippen molar-refractivity contribution in [3.8, 4) is 11.1 Å². The summed E-state index contributed by atoms with van der Waals surface area (Å²) in [5, 5.41) is 1.71. The lowest BCUT2D eigenvalue weighted by atomic mass is 9.77. The van der Waals surface area contributed by atoms with Gasteiger partial charge in [0.05, 0.1) is 0 Å². The number of fused-ring (bicyclic) bond motifs is 1. The minimum Gasteiger partial charge on any atom is -0.206 e. The standard InChI is InChI=1S/C29H33F/c1-3-5-7-21-8-10-22(11-9-21)23-12-14-24(15-13-23)26-18-19-28-27(20-26)17-16-25(6-4-2)29(28)30/h3,12-22H,1,4-11H2,2H3. The van der Waals surface area contributed by atoms with Crippen molar-refractivity contribution in [2.75, 3.05) is 0 Å². The third-order valence-electron chi connectivity index (χ3n) is 6.89. The van der Waals surface area contributed by atoms with E-state index in [0.717, 1.165) is 47.1 Å². The summed E-state index contributed by atoms with van der Waals surface area (Å²) in [5.74, 6) is 1.52. The molecule has 0 nitrogen and oxygen atoms in total. The quantitative estimate of drug-likeness (QED) is 0.347. The zero-order valence-corrected chi connectivity index (χ0v) is 18.2. The van der Waals surface area contributed by atoms with E-state index in [2.05, 4.69) is 62.0 Å². The maximum Gasteiger partial charge on any atom is 0.134 e. The molecule has 0 saturated heterocycles. The Morgan fingerprint density at radius 2 is 1.67 bits per heavy atom. The first-order chi connectivity index (χ1) is 14.7. The number of aryl methyl sites for hydroxylation is 1. The van der Waals surface area contributed by atoms with Crippen molar-refractivity contribution in [1.82, 2.24) is 0 Å². The van der Waals surface area contributed by atoms with Gasteiger partial charge in [0.2, 0.25) is 0 Å². The molecule has 30 heavy (non-hydrogen) atoms. The Morgan fingerprint density at radius 3 is 2.37 bits per heavy atom. The monoisotopic (exact) mass is 400 g/mol. The van der Waals surface area contributed by atoms with Crippen LogP contribution in [0, 0.1) is 11.7 Å². The second kappa shape index (κ2) is 9.60. The minimum atomic E-state index is -0.0556. The molecule has 0 unspecified atom stereocenters. The Morgan fingerprint density at radius 1 is 0.933 bits per heavy atom. The number of benzene rings is 3. The largest absolute Gasteiger partial charge is 0.206 e. The van der Waals surface area contributed by atoms with Gasteiger partial charge in [0.25, 0.3) is 0 Å². The van der Waals surface area contributed by atoms with Crippen molar-refractivity contribution < 1.29 is 4.39 Å². The number of hydrogen-bond acceptors (Lipinski definition) is 0. The topological polar surface area (TPSA) is 0 Å². The maximum absolute atomic E-state index is 14.7. The summed E-state index contributed by atoms with van der Waals surface area (Å²) in [4.78, 5) is 0. The van der Waals surface area contributed by atoms with Gasteiger partial charge in [0.1, 0.15) is 5.82 Å². The lowest BCUT2D eigenvalue weighted by molar-refractivity contribution is 0.312. The van der Waals surface area contributed by atoms with Crippen molar-refractivity contribution in [1.29, 1.82) is 0 Å². The van der Waals surface area contributed by atoms with Crippen molar-refractivity contribution in [3.05, 3.63) is 84.2 Å². The second-order valence-corrected chi connectivity index (χ2v) is 8.93. The highest BCUT2D eigenvalue weighted by atomic mass is 19.1. The lowest BCUT2D eigenvalue weighted by Gasteiger charge is -2.28. The molecule has 0 atom stereocenters. The van der Waals surface area contributed by atoms with E-state index in [9.17, 15) is 4.39 Å². The van der Waals surface area contributed by atoms with Gasteiger partial charge in [-0.3, -0.25) is 0 Å². The van der Waals surface area contributed by atoms with Crippen LogP contribution in [0.1, 0.15) is 68.9 Å².